The molecule has 1 N–H and O–H groups in total. The molecule has 2 aromatic rings. The number of nitro benzene ring substituents is 1. The molecule has 21 heavy (non-hydrogen) atoms. The summed E-state index contributed by atoms with van der Waals surface area (Å²) in [7, 11) is 1.45. The molecule has 0 unspecified atom stereocenters. The van der Waals surface area contributed by atoms with E-state index in [1.807, 2.05) is 16.8 Å². The zero-order valence-corrected chi connectivity index (χ0v) is 12.2. The van der Waals surface area contributed by atoms with Crippen LogP contribution in [0, 0.1) is 10.1 Å². The molecule has 0 aliphatic heterocycles. The fraction of sp³-hybridized carbons (Fsp3) is 0.214. The first kappa shape index (κ1) is 15.0. The predicted octanol–water partition coefficient (Wildman–Crippen LogP) is 3.24. The van der Waals surface area contributed by atoms with Gasteiger partial charge in [-0.1, -0.05) is 0 Å². The fourth-order valence-corrected chi connectivity index (χ4v) is 2.52. The summed E-state index contributed by atoms with van der Waals surface area (Å²) >= 11 is 1.58. The Labute approximate surface area is 125 Å². The third-order valence-electron chi connectivity index (χ3n) is 2.89. The first-order chi connectivity index (χ1) is 10.1. The highest BCUT2D eigenvalue weighted by atomic mass is 32.1. The van der Waals surface area contributed by atoms with E-state index in [2.05, 4.69) is 5.32 Å². The van der Waals surface area contributed by atoms with Crippen molar-refractivity contribution in [1.29, 1.82) is 0 Å². The number of nitrogens with zero attached hydrogens (tertiary/aromatic N) is 1. The van der Waals surface area contributed by atoms with E-state index in [-0.39, 0.29) is 11.6 Å². The van der Waals surface area contributed by atoms with Crippen LogP contribution in [0.1, 0.15) is 12.0 Å². The highest BCUT2D eigenvalue weighted by molar-refractivity contribution is 7.07. The number of thiophene rings is 1. The topological polar surface area (TPSA) is 81.5 Å². The molecule has 0 spiro atoms. The van der Waals surface area contributed by atoms with Crippen molar-refractivity contribution in [2.45, 2.75) is 12.8 Å². The molecule has 0 atom stereocenters. The summed E-state index contributed by atoms with van der Waals surface area (Å²) < 4.78 is 5.10. The van der Waals surface area contributed by atoms with Gasteiger partial charge in [0.05, 0.1) is 17.7 Å². The lowest BCUT2D eigenvalue weighted by Gasteiger charge is -2.09. The van der Waals surface area contributed by atoms with Crippen molar-refractivity contribution >= 4 is 28.6 Å². The second kappa shape index (κ2) is 6.85. The van der Waals surface area contributed by atoms with Crippen molar-refractivity contribution in [2.24, 2.45) is 0 Å². The van der Waals surface area contributed by atoms with E-state index >= 15 is 0 Å². The van der Waals surface area contributed by atoms with Gasteiger partial charge in [0.1, 0.15) is 5.75 Å². The van der Waals surface area contributed by atoms with E-state index in [0.717, 1.165) is 5.56 Å². The van der Waals surface area contributed by atoms with Crippen LogP contribution in [0.5, 0.6) is 5.75 Å². The van der Waals surface area contributed by atoms with E-state index in [9.17, 15) is 14.9 Å². The Morgan fingerprint density at radius 1 is 1.43 bits per heavy atom. The molecule has 0 saturated carbocycles. The molecule has 2 rings (SSSR count). The normalized spacial score (nSPS) is 10.1. The molecule has 1 aromatic heterocycles. The Hall–Kier alpha value is -2.41. The number of non-ortho nitro benzene ring substituents is 1. The van der Waals surface area contributed by atoms with E-state index < -0.39 is 4.92 Å². The monoisotopic (exact) mass is 306 g/mol. The molecule has 0 radical (unpaired) electrons. The molecule has 0 aliphatic rings. The van der Waals surface area contributed by atoms with Crippen LogP contribution in [0.15, 0.2) is 35.0 Å². The van der Waals surface area contributed by atoms with Crippen molar-refractivity contribution < 1.29 is 14.5 Å². The molecular formula is C14H14N2O4S. The van der Waals surface area contributed by atoms with Crippen LogP contribution in [0.25, 0.3) is 0 Å². The van der Waals surface area contributed by atoms with Gasteiger partial charge in [-0.2, -0.15) is 11.3 Å². The molecule has 7 heteroatoms. The Morgan fingerprint density at radius 2 is 2.24 bits per heavy atom. The van der Waals surface area contributed by atoms with Crippen LogP contribution >= 0.6 is 11.3 Å². The highest BCUT2D eigenvalue weighted by Crippen LogP contribution is 2.29. The summed E-state index contributed by atoms with van der Waals surface area (Å²) in [6.45, 7) is 0. The van der Waals surface area contributed by atoms with E-state index in [0.29, 0.717) is 24.3 Å². The predicted molar refractivity (Wildman–Crippen MR) is 80.9 cm³/mol. The first-order valence-corrected chi connectivity index (χ1v) is 7.18. The maximum Gasteiger partial charge on any atom is 0.271 e. The second-order valence-electron chi connectivity index (χ2n) is 4.32. The van der Waals surface area contributed by atoms with Gasteiger partial charge in [-0.15, -0.1) is 0 Å². The van der Waals surface area contributed by atoms with E-state index in [1.54, 1.807) is 11.3 Å². The number of hydrogen-bond donors (Lipinski definition) is 1. The Bertz CT molecular complexity index is 640. The van der Waals surface area contributed by atoms with Crippen LogP contribution in [0.4, 0.5) is 11.4 Å². The van der Waals surface area contributed by atoms with Crippen molar-refractivity contribution in [3.8, 4) is 5.75 Å². The SMILES string of the molecule is COc1ccc([N+](=O)[O-])cc1NC(=O)CCc1ccsc1. The minimum absolute atomic E-state index is 0.0936. The maximum absolute atomic E-state index is 11.9. The lowest BCUT2D eigenvalue weighted by atomic mass is 10.2. The number of methoxy groups -OCH3 is 1. The smallest absolute Gasteiger partial charge is 0.271 e. The first-order valence-electron chi connectivity index (χ1n) is 6.23. The molecule has 0 saturated heterocycles. The molecule has 110 valence electrons. The average Bonchev–Trinajstić information content (AvgIpc) is 2.98. The quantitative estimate of drug-likeness (QED) is 0.656. The molecule has 0 fully saturated rings. The number of ether oxygens (including phenoxy) is 1. The molecule has 0 bridgehead atoms. The van der Waals surface area contributed by atoms with E-state index in [1.165, 1.54) is 25.3 Å². The summed E-state index contributed by atoms with van der Waals surface area (Å²) in [4.78, 5) is 22.2. The van der Waals surface area contributed by atoms with Crippen molar-refractivity contribution in [3.63, 3.8) is 0 Å². The number of carbonyl (C=O) groups is 1. The van der Waals surface area contributed by atoms with Gasteiger partial charge in [-0.05, 0) is 34.9 Å². The summed E-state index contributed by atoms with van der Waals surface area (Å²) in [5, 5.41) is 17.4. The number of rotatable bonds is 6. The van der Waals surface area contributed by atoms with Crippen LogP contribution < -0.4 is 10.1 Å². The number of anilines is 1. The number of nitro groups is 1. The minimum atomic E-state index is -0.513. The van der Waals surface area contributed by atoms with Crippen LogP contribution in [-0.2, 0) is 11.2 Å². The van der Waals surface area contributed by atoms with Crippen LogP contribution in [0.2, 0.25) is 0 Å². The summed E-state index contributed by atoms with van der Waals surface area (Å²) in [5.41, 5.74) is 1.31. The third-order valence-corrected chi connectivity index (χ3v) is 3.62. The molecule has 1 aromatic carbocycles. The second-order valence-corrected chi connectivity index (χ2v) is 5.10. The average molecular weight is 306 g/mol. The maximum atomic E-state index is 11.9. The van der Waals surface area contributed by atoms with Gasteiger partial charge in [0, 0.05) is 18.6 Å². The molecular weight excluding hydrogens is 292 g/mol. The Morgan fingerprint density at radius 3 is 2.86 bits per heavy atom. The van der Waals surface area contributed by atoms with Gasteiger partial charge in [-0.25, -0.2) is 0 Å². The van der Waals surface area contributed by atoms with Crippen molar-refractivity contribution in [2.75, 3.05) is 12.4 Å². The fourth-order valence-electron chi connectivity index (χ4n) is 1.81. The summed E-state index contributed by atoms with van der Waals surface area (Å²) in [5.74, 6) is 0.185. The van der Waals surface area contributed by atoms with Gasteiger partial charge >= 0.3 is 0 Å². The zero-order chi connectivity index (χ0) is 15.2. The lowest BCUT2D eigenvalue weighted by Crippen LogP contribution is -2.13. The lowest BCUT2D eigenvalue weighted by molar-refractivity contribution is -0.384. The highest BCUT2D eigenvalue weighted by Gasteiger charge is 2.13. The molecule has 6 nitrogen and oxygen atoms in total. The molecule has 1 heterocycles. The number of aryl methyl sites for hydroxylation is 1. The van der Waals surface area contributed by atoms with Gasteiger partial charge in [-0.3, -0.25) is 14.9 Å². The molecule has 1 amide bonds. The van der Waals surface area contributed by atoms with Crippen molar-refractivity contribution in [3.05, 3.63) is 50.7 Å². The third kappa shape index (κ3) is 4.03. The van der Waals surface area contributed by atoms with Gasteiger partial charge in [0.15, 0.2) is 0 Å². The standard InChI is InChI=1S/C14H14N2O4S/c1-20-13-4-3-11(16(18)19)8-12(13)15-14(17)5-2-10-6-7-21-9-10/h3-4,6-9H,2,5H2,1H3,(H,15,17). The number of benzene rings is 1. The largest absolute Gasteiger partial charge is 0.495 e. The van der Waals surface area contributed by atoms with Crippen LogP contribution in [-0.4, -0.2) is 17.9 Å². The van der Waals surface area contributed by atoms with Crippen molar-refractivity contribution in [1.82, 2.24) is 0 Å². The number of carbonyl (C=O) groups excluding carboxylic acids is 1. The van der Waals surface area contributed by atoms with Gasteiger partial charge in [0.25, 0.3) is 5.69 Å². The molecule has 0 aliphatic carbocycles. The van der Waals surface area contributed by atoms with Gasteiger partial charge < -0.3 is 10.1 Å². The van der Waals surface area contributed by atoms with Gasteiger partial charge in [0.2, 0.25) is 5.91 Å². The minimum Gasteiger partial charge on any atom is -0.495 e. The Balaban J connectivity index is 2.04. The number of hydrogen-bond acceptors (Lipinski definition) is 5. The van der Waals surface area contributed by atoms with E-state index in [4.69, 9.17) is 4.74 Å². The number of nitrogens with one attached hydrogen (secondary N) is 1. The summed E-state index contributed by atoms with van der Waals surface area (Å²) in [6.07, 6.45) is 0.940. The summed E-state index contributed by atoms with van der Waals surface area (Å²) in [6, 6.07) is 6.06. The van der Waals surface area contributed by atoms with Crippen LogP contribution in [0.3, 0.4) is 0 Å². The number of amides is 1. The zero-order valence-electron chi connectivity index (χ0n) is 11.4. The Kier molecular flexibility index (Phi) is 4.89.